The molecule has 5 rings (SSSR count). The first-order valence-corrected chi connectivity index (χ1v) is 11.6. The molecule has 0 radical (unpaired) electrons. The van der Waals surface area contributed by atoms with Crippen LogP contribution in [0.25, 0.3) is 5.65 Å². The Bertz CT molecular complexity index is 1290. The van der Waals surface area contributed by atoms with Crippen LogP contribution in [0, 0.1) is 6.92 Å². The van der Waals surface area contributed by atoms with Crippen LogP contribution in [0.1, 0.15) is 60.3 Å². The number of carbonyl (C=O) groups excluding carboxylic acids is 2. The minimum absolute atomic E-state index is 0.0395. The summed E-state index contributed by atoms with van der Waals surface area (Å²) in [6.07, 6.45) is 3.79. The maximum atomic E-state index is 13.2. The van der Waals surface area contributed by atoms with E-state index in [1.165, 1.54) is 11.4 Å². The van der Waals surface area contributed by atoms with Crippen molar-refractivity contribution < 1.29 is 9.59 Å². The zero-order valence-corrected chi connectivity index (χ0v) is 19.1. The summed E-state index contributed by atoms with van der Waals surface area (Å²) in [6.45, 7) is 5.12. The Hall–Kier alpha value is -3.42. The van der Waals surface area contributed by atoms with Gasteiger partial charge in [0.25, 0.3) is 5.56 Å². The van der Waals surface area contributed by atoms with Crippen molar-refractivity contribution in [3.05, 3.63) is 68.8 Å². The maximum Gasteiger partial charge on any atom is 0.277 e. The number of H-pyrrole nitrogens is 1. The first-order chi connectivity index (χ1) is 15.9. The molecule has 0 aliphatic carbocycles. The van der Waals surface area contributed by atoms with E-state index < -0.39 is 0 Å². The molecule has 1 unspecified atom stereocenters. The molecule has 172 valence electrons. The highest BCUT2D eigenvalue weighted by Gasteiger charge is 2.30. The van der Waals surface area contributed by atoms with Crippen molar-refractivity contribution >= 4 is 17.5 Å². The smallest absolute Gasteiger partial charge is 0.277 e. The normalized spacial score (nSPS) is 18.4. The van der Waals surface area contributed by atoms with Crippen molar-refractivity contribution in [2.24, 2.45) is 0 Å². The second kappa shape index (κ2) is 8.50. The Morgan fingerprint density at radius 1 is 1.18 bits per heavy atom. The van der Waals surface area contributed by atoms with Crippen molar-refractivity contribution in [3.8, 4) is 0 Å². The van der Waals surface area contributed by atoms with Crippen molar-refractivity contribution in [1.82, 2.24) is 24.4 Å². The predicted octanol–water partition coefficient (Wildman–Crippen LogP) is 2.53. The third kappa shape index (κ3) is 4.05. The highest BCUT2D eigenvalue weighted by atomic mass is 16.2. The third-order valence-corrected chi connectivity index (χ3v) is 6.85. The minimum Gasteiger partial charge on any atom is -0.338 e. The van der Waals surface area contributed by atoms with Gasteiger partial charge in [0.15, 0.2) is 5.65 Å². The lowest BCUT2D eigenvalue weighted by Crippen LogP contribution is -2.40. The van der Waals surface area contributed by atoms with Crippen LogP contribution in [0.4, 0.5) is 0 Å². The predicted molar refractivity (Wildman–Crippen MR) is 124 cm³/mol. The molecule has 0 spiro atoms. The molecule has 1 fully saturated rings. The fourth-order valence-corrected chi connectivity index (χ4v) is 5.09. The van der Waals surface area contributed by atoms with Gasteiger partial charge >= 0.3 is 0 Å². The lowest BCUT2D eigenvalue weighted by atomic mass is 9.98. The number of rotatable bonds is 3. The van der Waals surface area contributed by atoms with Crippen molar-refractivity contribution in [3.63, 3.8) is 0 Å². The van der Waals surface area contributed by atoms with E-state index in [2.05, 4.69) is 11.2 Å². The average molecular weight is 448 g/mol. The van der Waals surface area contributed by atoms with Crippen LogP contribution >= 0.6 is 0 Å². The van der Waals surface area contributed by atoms with Gasteiger partial charge in [-0.1, -0.05) is 29.8 Å². The van der Waals surface area contributed by atoms with Gasteiger partial charge in [-0.15, -0.1) is 0 Å². The molecule has 4 heterocycles. The van der Waals surface area contributed by atoms with Crippen LogP contribution in [0.3, 0.4) is 0 Å². The van der Waals surface area contributed by atoms with Gasteiger partial charge in [0.05, 0.1) is 36.0 Å². The highest BCUT2D eigenvalue weighted by molar-refractivity contribution is 5.79. The van der Waals surface area contributed by atoms with E-state index in [4.69, 9.17) is 4.98 Å². The maximum absolute atomic E-state index is 13.2. The van der Waals surface area contributed by atoms with Gasteiger partial charge in [-0.05, 0) is 31.7 Å². The van der Waals surface area contributed by atoms with Gasteiger partial charge in [0.1, 0.15) is 0 Å². The number of benzene rings is 1. The summed E-state index contributed by atoms with van der Waals surface area (Å²) in [5.74, 6) is 0.0583. The number of hydrogen-bond donors (Lipinski definition) is 1. The highest BCUT2D eigenvalue weighted by Crippen LogP contribution is 2.31. The summed E-state index contributed by atoms with van der Waals surface area (Å²) < 4.78 is 1.47. The third-order valence-electron chi connectivity index (χ3n) is 6.85. The molecule has 2 aromatic heterocycles. The van der Waals surface area contributed by atoms with Gasteiger partial charge in [-0.2, -0.15) is 0 Å². The minimum atomic E-state index is -0.166. The molecule has 8 heteroatoms. The fourth-order valence-electron chi connectivity index (χ4n) is 5.09. The Kier molecular flexibility index (Phi) is 5.52. The zero-order valence-electron chi connectivity index (χ0n) is 19.1. The second-order valence-electron chi connectivity index (χ2n) is 9.20. The molecule has 8 nitrogen and oxygen atoms in total. The van der Waals surface area contributed by atoms with E-state index in [0.29, 0.717) is 43.7 Å². The van der Waals surface area contributed by atoms with Crippen LogP contribution in [0.5, 0.6) is 0 Å². The van der Waals surface area contributed by atoms with E-state index in [1.807, 2.05) is 36.1 Å². The summed E-state index contributed by atoms with van der Waals surface area (Å²) >= 11 is 0. The second-order valence-corrected chi connectivity index (χ2v) is 9.20. The van der Waals surface area contributed by atoms with Crippen molar-refractivity contribution in [2.75, 3.05) is 13.1 Å². The lowest BCUT2D eigenvalue weighted by molar-refractivity contribution is -0.134. The van der Waals surface area contributed by atoms with Crippen molar-refractivity contribution in [2.45, 2.75) is 58.5 Å². The number of likely N-dealkylation sites (tertiary alicyclic amines) is 1. The molecule has 0 saturated carbocycles. The van der Waals surface area contributed by atoms with E-state index in [1.54, 1.807) is 4.90 Å². The number of amides is 2. The first kappa shape index (κ1) is 21.4. The molecule has 1 saturated heterocycles. The number of nitrogens with zero attached hydrogens (tertiary/aromatic N) is 4. The number of carbonyl (C=O) groups is 2. The zero-order chi connectivity index (χ0) is 23.1. The standard InChI is InChI=1S/C25H29N5O3/c1-16-6-5-7-18(12-16)13-24(32)29-10-4-3-8-22(29)21-14-23-26-20-9-11-28(17(2)31)15-19(20)25(33)30(23)27-21/h5-7,12,14,22,27H,3-4,8-11,13,15H2,1-2H3. The number of aryl methyl sites for hydroxylation is 1. The van der Waals surface area contributed by atoms with Crippen LogP contribution in [0.2, 0.25) is 0 Å². The topological polar surface area (TPSA) is 90.8 Å². The summed E-state index contributed by atoms with van der Waals surface area (Å²) in [5.41, 5.74) is 4.73. The summed E-state index contributed by atoms with van der Waals surface area (Å²) in [6, 6.07) is 9.85. The molecule has 3 aromatic rings. The monoisotopic (exact) mass is 447 g/mol. The Morgan fingerprint density at radius 2 is 2.03 bits per heavy atom. The van der Waals surface area contributed by atoms with Gasteiger partial charge in [0.2, 0.25) is 11.8 Å². The summed E-state index contributed by atoms with van der Waals surface area (Å²) in [4.78, 5) is 46.6. The van der Waals surface area contributed by atoms with Gasteiger partial charge in [-0.3, -0.25) is 19.5 Å². The quantitative estimate of drug-likeness (QED) is 0.668. The lowest BCUT2D eigenvalue weighted by Gasteiger charge is -2.35. The number of nitrogens with one attached hydrogen (secondary N) is 1. The number of hydrogen-bond acceptors (Lipinski definition) is 4. The van der Waals surface area contributed by atoms with Crippen LogP contribution in [0.15, 0.2) is 35.1 Å². The van der Waals surface area contributed by atoms with Crippen LogP contribution < -0.4 is 5.56 Å². The molecule has 2 aliphatic heterocycles. The average Bonchev–Trinajstić information content (AvgIpc) is 3.23. The molecule has 1 aromatic carbocycles. The fraction of sp³-hybridized carbons (Fsp3) is 0.440. The Balaban J connectivity index is 1.45. The van der Waals surface area contributed by atoms with Gasteiger partial charge in [-0.25, -0.2) is 9.50 Å². The summed E-state index contributed by atoms with van der Waals surface area (Å²) in [7, 11) is 0. The van der Waals surface area contributed by atoms with E-state index >= 15 is 0 Å². The molecule has 2 amide bonds. The number of aromatic amines is 1. The first-order valence-electron chi connectivity index (χ1n) is 11.6. The van der Waals surface area contributed by atoms with Crippen LogP contribution in [-0.2, 0) is 29.0 Å². The molecular formula is C25H29N5O3. The molecular weight excluding hydrogens is 418 g/mol. The molecule has 33 heavy (non-hydrogen) atoms. The van der Waals surface area contributed by atoms with Crippen LogP contribution in [-0.4, -0.2) is 49.3 Å². The number of fused-ring (bicyclic) bond motifs is 2. The summed E-state index contributed by atoms with van der Waals surface area (Å²) in [5, 5.41) is 3.23. The van der Waals surface area contributed by atoms with E-state index in [-0.39, 0.29) is 23.4 Å². The largest absolute Gasteiger partial charge is 0.338 e. The van der Waals surface area contributed by atoms with Crippen molar-refractivity contribution in [1.29, 1.82) is 0 Å². The van der Waals surface area contributed by atoms with Gasteiger partial charge in [0, 0.05) is 32.5 Å². The Morgan fingerprint density at radius 3 is 2.82 bits per heavy atom. The molecule has 1 N–H and O–H groups in total. The SMILES string of the molecule is CC(=O)N1CCc2nc3cc(C4CCCCN4C(=O)Cc4cccc(C)c4)[nH]n3c(=O)c2C1. The molecule has 2 aliphatic rings. The molecule has 0 bridgehead atoms. The molecule has 1 atom stereocenters. The van der Waals surface area contributed by atoms with E-state index in [0.717, 1.165) is 41.8 Å². The number of aromatic nitrogens is 3. The number of piperidine rings is 1. The van der Waals surface area contributed by atoms with E-state index in [9.17, 15) is 14.4 Å². The Labute approximate surface area is 192 Å². The van der Waals surface area contributed by atoms with Gasteiger partial charge < -0.3 is 9.80 Å².